The molecule has 4 aromatic carbocycles. The summed E-state index contributed by atoms with van der Waals surface area (Å²) >= 11 is 3.36. The van der Waals surface area contributed by atoms with Gasteiger partial charge in [-0.15, -0.1) is 0 Å². The lowest BCUT2D eigenvalue weighted by Gasteiger charge is -2.11. The van der Waals surface area contributed by atoms with Gasteiger partial charge in [-0.1, -0.05) is 46.3 Å². The second-order valence-corrected chi connectivity index (χ2v) is 10.0. The molecule has 42 heavy (non-hydrogen) atoms. The molecular weight excluding hydrogens is 598 g/mol. The zero-order valence-electron chi connectivity index (χ0n) is 23.0. The van der Waals surface area contributed by atoms with E-state index in [1.807, 2.05) is 62.4 Å². The van der Waals surface area contributed by atoms with E-state index in [4.69, 9.17) is 14.2 Å². The molecule has 5 rings (SSSR count). The number of aromatic nitrogens is 1. The third-order valence-corrected chi connectivity index (χ3v) is 6.83. The van der Waals surface area contributed by atoms with Gasteiger partial charge in [0.1, 0.15) is 11.4 Å². The van der Waals surface area contributed by atoms with Crippen molar-refractivity contribution >= 4 is 44.9 Å². The Morgan fingerprint density at radius 3 is 2.38 bits per heavy atom. The van der Waals surface area contributed by atoms with Crippen LogP contribution in [0.1, 0.15) is 40.3 Å². The highest BCUT2D eigenvalue weighted by molar-refractivity contribution is 9.10. The van der Waals surface area contributed by atoms with Crippen LogP contribution in [0.15, 0.2) is 101 Å². The molecule has 0 unspecified atom stereocenters. The van der Waals surface area contributed by atoms with Crippen molar-refractivity contribution in [3.05, 3.63) is 112 Å². The van der Waals surface area contributed by atoms with Gasteiger partial charge in [-0.2, -0.15) is 5.10 Å². The fourth-order valence-corrected chi connectivity index (χ4v) is 4.69. The maximum Gasteiger partial charge on any atom is 0.343 e. The van der Waals surface area contributed by atoms with Crippen LogP contribution in [0.5, 0.6) is 17.2 Å². The maximum absolute atomic E-state index is 13.3. The molecule has 0 bridgehead atoms. The Balaban J connectivity index is 1.36. The highest BCUT2D eigenvalue weighted by Crippen LogP contribution is 2.35. The Labute approximate surface area is 251 Å². The number of carbonyl (C=O) groups is 2. The predicted octanol–water partition coefficient (Wildman–Crippen LogP) is 7.38. The highest BCUT2D eigenvalue weighted by Gasteiger charge is 2.20. The van der Waals surface area contributed by atoms with E-state index in [0.717, 1.165) is 32.3 Å². The minimum atomic E-state index is -0.502. The van der Waals surface area contributed by atoms with E-state index in [9.17, 15) is 9.59 Å². The van der Waals surface area contributed by atoms with Gasteiger partial charge in [0.25, 0.3) is 5.91 Å². The van der Waals surface area contributed by atoms with E-state index < -0.39 is 11.9 Å². The number of hydrazone groups is 1. The van der Waals surface area contributed by atoms with Crippen molar-refractivity contribution in [3.63, 3.8) is 0 Å². The minimum Gasteiger partial charge on any atom is -0.494 e. The molecule has 1 amide bonds. The van der Waals surface area contributed by atoms with E-state index in [-0.39, 0.29) is 5.75 Å². The standard InChI is InChI=1S/C33H28BrN3O5/c1-3-40-25-15-16-27-26(19-25)30(22-8-6-5-7-9-22)31(36-27)32(38)37-35-20-21-10-17-28(29(18-21)41-4-2)42-33(39)23-11-13-24(34)14-12-23/h5-20,36H,3-4H2,1-2H3,(H,37,38). The second kappa shape index (κ2) is 13.2. The average Bonchev–Trinajstić information content (AvgIpc) is 3.38. The number of rotatable bonds is 10. The SMILES string of the molecule is CCOc1ccc2[nH]c(C(=O)NN=Cc3ccc(OC(=O)c4ccc(Br)cc4)c(OCC)c3)c(-c3ccccc3)c2c1. The van der Waals surface area contributed by atoms with Gasteiger partial charge in [0.05, 0.1) is 25.0 Å². The van der Waals surface area contributed by atoms with Gasteiger partial charge in [-0.05, 0) is 85.6 Å². The average molecular weight is 627 g/mol. The number of carbonyl (C=O) groups excluding carboxylic acids is 2. The summed E-state index contributed by atoms with van der Waals surface area (Å²) < 4.78 is 17.8. The fourth-order valence-electron chi connectivity index (χ4n) is 4.43. The molecule has 0 saturated heterocycles. The van der Waals surface area contributed by atoms with Crippen LogP contribution in [-0.4, -0.2) is 36.3 Å². The largest absolute Gasteiger partial charge is 0.494 e. The molecule has 0 spiro atoms. The molecule has 0 aliphatic rings. The van der Waals surface area contributed by atoms with Gasteiger partial charge in [0, 0.05) is 20.9 Å². The number of nitrogens with one attached hydrogen (secondary N) is 2. The number of nitrogens with zero attached hydrogens (tertiary/aromatic N) is 1. The number of H-pyrrole nitrogens is 1. The van der Waals surface area contributed by atoms with Crippen molar-refractivity contribution in [1.82, 2.24) is 10.4 Å². The van der Waals surface area contributed by atoms with Crippen LogP contribution in [0.25, 0.3) is 22.0 Å². The van der Waals surface area contributed by atoms with E-state index in [1.54, 1.807) is 42.5 Å². The van der Waals surface area contributed by atoms with E-state index in [2.05, 4.69) is 31.4 Å². The first-order chi connectivity index (χ1) is 20.5. The molecular formula is C33H28BrN3O5. The van der Waals surface area contributed by atoms with Crippen molar-refractivity contribution in [3.8, 4) is 28.4 Å². The molecule has 0 aliphatic heterocycles. The Morgan fingerprint density at radius 2 is 1.64 bits per heavy atom. The normalized spacial score (nSPS) is 11.0. The van der Waals surface area contributed by atoms with Gasteiger partial charge < -0.3 is 19.2 Å². The van der Waals surface area contributed by atoms with Crippen LogP contribution in [0, 0.1) is 0 Å². The predicted molar refractivity (Wildman–Crippen MR) is 167 cm³/mol. The Hall–Kier alpha value is -4.89. The van der Waals surface area contributed by atoms with E-state index in [1.165, 1.54) is 6.21 Å². The van der Waals surface area contributed by atoms with Crippen molar-refractivity contribution in [2.45, 2.75) is 13.8 Å². The minimum absolute atomic E-state index is 0.281. The summed E-state index contributed by atoms with van der Waals surface area (Å²) in [5.41, 5.74) is 6.51. The lowest BCUT2D eigenvalue weighted by molar-refractivity contribution is 0.0728. The summed E-state index contributed by atoms with van der Waals surface area (Å²) in [6.07, 6.45) is 1.50. The molecule has 1 aromatic heterocycles. The quantitative estimate of drug-likeness (QED) is 0.0729. The summed E-state index contributed by atoms with van der Waals surface area (Å²) in [5.74, 6) is 0.484. The molecule has 9 heteroatoms. The molecule has 0 radical (unpaired) electrons. The van der Waals surface area contributed by atoms with Gasteiger partial charge in [-0.25, -0.2) is 10.2 Å². The number of hydrogen-bond donors (Lipinski definition) is 2. The first-order valence-corrected chi connectivity index (χ1v) is 14.2. The number of amides is 1. The molecule has 8 nitrogen and oxygen atoms in total. The highest BCUT2D eigenvalue weighted by atomic mass is 79.9. The molecule has 1 heterocycles. The fraction of sp³-hybridized carbons (Fsp3) is 0.121. The Bertz CT molecular complexity index is 1750. The molecule has 212 valence electrons. The summed E-state index contributed by atoms with van der Waals surface area (Å²) in [6.45, 7) is 4.67. The molecule has 0 saturated carbocycles. The molecule has 5 aromatic rings. The number of hydrogen-bond acceptors (Lipinski definition) is 6. The number of benzene rings is 4. The lowest BCUT2D eigenvalue weighted by atomic mass is 10.0. The third kappa shape index (κ3) is 6.53. The number of fused-ring (bicyclic) bond motifs is 1. The van der Waals surface area contributed by atoms with Crippen LogP contribution < -0.4 is 19.6 Å². The first kappa shape index (κ1) is 28.6. The van der Waals surface area contributed by atoms with Crippen LogP contribution >= 0.6 is 15.9 Å². The van der Waals surface area contributed by atoms with Crippen LogP contribution in [0.3, 0.4) is 0 Å². The first-order valence-electron chi connectivity index (χ1n) is 13.4. The van der Waals surface area contributed by atoms with E-state index >= 15 is 0 Å². The second-order valence-electron chi connectivity index (χ2n) is 9.12. The van der Waals surface area contributed by atoms with Crippen LogP contribution in [-0.2, 0) is 0 Å². The topological polar surface area (TPSA) is 102 Å². The Morgan fingerprint density at radius 1 is 0.881 bits per heavy atom. The molecule has 0 atom stereocenters. The number of aromatic amines is 1. The van der Waals surface area contributed by atoms with Crippen molar-refractivity contribution in [2.24, 2.45) is 5.10 Å². The Kier molecular flexibility index (Phi) is 8.99. The summed E-state index contributed by atoms with van der Waals surface area (Å²) in [4.78, 5) is 29.2. The number of halogens is 1. The monoisotopic (exact) mass is 625 g/mol. The molecule has 0 aliphatic carbocycles. The lowest BCUT2D eigenvalue weighted by Crippen LogP contribution is -2.18. The zero-order chi connectivity index (χ0) is 29.5. The molecule has 0 fully saturated rings. The van der Waals surface area contributed by atoms with Gasteiger partial charge >= 0.3 is 5.97 Å². The number of esters is 1. The van der Waals surface area contributed by atoms with Gasteiger partial charge in [0.15, 0.2) is 11.5 Å². The van der Waals surface area contributed by atoms with Crippen molar-refractivity contribution < 1.29 is 23.8 Å². The summed E-state index contributed by atoms with van der Waals surface area (Å²) in [6, 6.07) is 27.3. The van der Waals surface area contributed by atoms with Crippen LogP contribution in [0.4, 0.5) is 0 Å². The molecule has 2 N–H and O–H groups in total. The van der Waals surface area contributed by atoms with E-state index in [0.29, 0.717) is 35.8 Å². The third-order valence-electron chi connectivity index (χ3n) is 6.30. The summed E-state index contributed by atoms with van der Waals surface area (Å²) in [7, 11) is 0. The summed E-state index contributed by atoms with van der Waals surface area (Å²) in [5, 5.41) is 5.05. The zero-order valence-corrected chi connectivity index (χ0v) is 24.6. The van der Waals surface area contributed by atoms with Crippen LogP contribution in [0.2, 0.25) is 0 Å². The van der Waals surface area contributed by atoms with Crippen molar-refractivity contribution in [1.29, 1.82) is 0 Å². The van der Waals surface area contributed by atoms with Gasteiger partial charge in [-0.3, -0.25) is 4.79 Å². The maximum atomic E-state index is 13.3. The van der Waals surface area contributed by atoms with Gasteiger partial charge in [0.2, 0.25) is 0 Å². The van der Waals surface area contributed by atoms with Crippen molar-refractivity contribution in [2.75, 3.05) is 13.2 Å². The number of ether oxygens (including phenoxy) is 3. The smallest absolute Gasteiger partial charge is 0.343 e.